The highest BCUT2D eigenvalue weighted by atomic mass is 79.9. The number of hydrogen-bond donors (Lipinski definition) is 0. The van der Waals surface area contributed by atoms with Gasteiger partial charge in [0.1, 0.15) is 46.8 Å². The number of aromatic nitrogens is 4. The first-order valence-electron chi connectivity index (χ1n) is 13.8. The van der Waals surface area contributed by atoms with Crippen LogP contribution >= 0.6 is 27.5 Å². The molecule has 228 valence electrons. The van der Waals surface area contributed by atoms with E-state index >= 15 is 0 Å². The van der Waals surface area contributed by atoms with Gasteiger partial charge in [-0.3, -0.25) is 4.98 Å². The van der Waals surface area contributed by atoms with Crippen molar-refractivity contribution in [3.8, 4) is 5.75 Å². The third-order valence-electron chi connectivity index (χ3n) is 6.39. The first-order chi connectivity index (χ1) is 20.2. The van der Waals surface area contributed by atoms with Gasteiger partial charge in [-0.15, -0.1) is 0 Å². The Balaban J connectivity index is 1.35. The zero-order chi connectivity index (χ0) is 31.1. The summed E-state index contributed by atoms with van der Waals surface area (Å²) in [7, 11) is 0. The van der Waals surface area contributed by atoms with E-state index in [2.05, 4.69) is 30.9 Å². The van der Waals surface area contributed by atoms with Gasteiger partial charge < -0.3 is 23.5 Å². The predicted molar refractivity (Wildman–Crippen MR) is 166 cm³/mol. The molecule has 13 heteroatoms. The SMILES string of the molecule is CC(C)(C)OC(=O)N(C(=O)OC(C)(C)C)c1ncnc2c1ccn2C1CCC(COc2ccc3cc(Br)cnc3c2Cl)O1. The van der Waals surface area contributed by atoms with E-state index in [1.807, 2.05) is 22.8 Å². The second-order valence-corrected chi connectivity index (χ2v) is 13.5. The molecule has 5 rings (SSSR count). The van der Waals surface area contributed by atoms with Crippen molar-refractivity contribution < 1.29 is 28.5 Å². The second-order valence-electron chi connectivity index (χ2n) is 12.2. The minimum absolute atomic E-state index is 0.0525. The van der Waals surface area contributed by atoms with Crippen LogP contribution in [0.3, 0.4) is 0 Å². The monoisotopic (exact) mass is 673 g/mol. The standard InChI is InChI=1S/C30H33BrClN5O6/c1-29(2,3)42-27(38)37(28(39)43-30(4,5)6)26-20-11-12-36(25(20)34-16-35-26)22-10-8-19(41-22)15-40-21-9-7-17-13-18(31)14-33-24(17)23(21)32/h7,9,11-14,16,19,22H,8,10,15H2,1-6H3. The lowest BCUT2D eigenvalue weighted by molar-refractivity contribution is -0.0155. The number of ether oxygens (including phenoxy) is 4. The van der Waals surface area contributed by atoms with E-state index in [0.29, 0.717) is 40.3 Å². The predicted octanol–water partition coefficient (Wildman–Crippen LogP) is 7.83. The van der Waals surface area contributed by atoms with Gasteiger partial charge in [0.15, 0.2) is 5.82 Å². The Morgan fingerprint density at radius 1 is 1.05 bits per heavy atom. The molecular weight excluding hydrogens is 642 g/mol. The van der Waals surface area contributed by atoms with Crippen LogP contribution in [0.4, 0.5) is 15.4 Å². The van der Waals surface area contributed by atoms with E-state index in [0.717, 1.165) is 21.2 Å². The molecule has 0 saturated carbocycles. The van der Waals surface area contributed by atoms with Crippen LogP contribution in [-0.4, -0.2) is 55.6 Å². The second kappa shape index (κ2) is 11.9. The van der Waals surface area contributed by atoms with Crippen molar-refractivity contribution in [2.24, 2.45) is 0 Å². The van der Waals surface area contributed by atoms with Crippen LogP contribution in [0.1, 0.15) is 60.6 Å². The normalized spacial score (nSPS) is 17.3. The summed E-state index contributed by atoms with van der Waals surface area (Å²) in [5.41, 5.74) is -0.554. The molecule has 0 aliphatic carbocycles. The van der Waals surface area contributed by atoms with Crippen molar-refractivity contribution in [2.75, 3.05) is 11.5 Å². The number of fused-ring (bicyclic) bond motifs is 2. The van der Waals surface area contributed by atoms with E-state index in [-0.39, 0.29) is 18.1 Å². The van der Waals surface area contributed by atoms with Crippen LogP contribution < -0.4 is 9.64 Å². The van der Waals surface area contributed by atoms with E-state index in [1.54, 1.807) is 60.0 Å². The number of hydrogen-bond acceptors (Lipinski definition) is 9. The number of imide groups is 1. The number of rotatable bonds is 5. The van der Waals surface area contributed by atoms with Crippen LogP contribution in [0.5, 0.6) is 5.75 Å². The van der Waals surface area contributed by atoms with Crippen molar-refractivity contribution in [1.29, 1.82) is 0 Å². The molecule has 1 fully saturated rings. The van der Waals surface area contributed by atoms with Crippen LogP contribution in [0.15, 0.2) is 47.5 Å². The summed E-state index contributed by atoms with van der Waals surface area (Å²) in [5.74, 6) is 0.584. The Kier molecular flexibility index (Phi) is 8.56. The summed E-state index contributed by atoms with van der Waals surface area (Å²) in [6.45, 7) is 10.6. The van der Waals surface area contributed by atoms with Crippen molar-refractivity contribution in [1.82, 2.24) is 19.5 Å². The zero-order valence-electron chi connectivity index (χ0n) is 24.8. The summed E-state index contributed by atoms with van der Waals surface area (Å²) in [5, 5.41) is 1.81. The topological polar surface area (TPSA) is 118 Å². The van der Waals surface area contributed by atoms with Crippen molar-refractivity contribution in [3.63, 3.8) is 0 Å². The van der Waals surface area contributed by atoms with Gasteiger partial charge in [-0.05, 0) is 94.6 Å². The first-order valence-corrected chi connectivity index (χ1v) is 15.0. The van der Waals surface area contributed by atoms with E-state index in [1.165, 1.54) is 6.33 Å². The summed E-state index contributed by atoms with van der Waals surface area (Å²) in [4.78, 5) is 40.4. The lowest BCUT2D eigenvalue weighted by Gasteiger charge is -2.28. The lowest BCUT2D eigenvalue weighted by Crippen LogP contribution is -2.44. The van der Waals surface area contributed by atoms with Gasteiger partial charge in [-0.2, -0.15) is 4.90 Å². The molecule has 4 heterocycles. The average Bonchev–Trinajstić information content (AvgIpc) is 3.54. The lowest BCUT2D eigenvalue weighted by atomic mass is 10.2. The third-order valence-corrected chi connectivity index (χ3v) is 7.19. The summed E-state index contributed by atoms with van der Waals surface area (Å²) in [6.07, 6.45) is 3.85. The molecule has 2 amide bonds. The highest BCUT2D eigenvalue weighted by Gasteiger charge is 2.36. The molecule has 0 N–H and O–H groups in total. The highest BCUT2D eigenvalue weighted by Crippen LogP contribution is 2.36. The highest BCUT2D eigenvalue weighted by molar-refractivity contribution is 9.10. The molecule has 0 bridgehead atoms. The molecule has 1 aliphatic heterocycles. The van der Waals surface area contributed by atoms with E-state index in [9.17, 15) is 9.59 Å². The molecule has 2 atom stereocenters. The fourth-order valence-corrected chi connectivity index (χ4v) is 5.28. The largest absolute Gasteiger partial charge is 0.489 e. The zero-order valence-corrected chi connectivity index (χ0v) is 27.1. The van der Waals surface area contributed by atoms with Crippen molar-refractivity contribution >= 4 is 67.5 Å². The van der Waals surface area contributed by atoms with Gasteiger partial charge in [-0.1, -0.05) is 11.6 Å². The molecule has 43 heavy (non-hydrogen) atoms. The van der Waals surface area contributed by atoms with Gasteiger partial charge in [-0.25, -0.2) is 19.6 Å². The summed E-state index contributed by atoms with van der Waals surface area (Å²) >= 11 is 10.0. The Labute approximate surface area is 262 Å². The number of amides is 2. The fourth-order valence-electron chi connectivity index (χ4n) is 4.66. The number of carbonyl (C=O) groups excluding carboxylic acids is 2. The summed E-state index contributed by atoms with van der Waals surface area (Å²) < 4.78 is 26.1. The Morgan fingerprint density at radius 2 is 1.74 bits per heavy atom. The number of pyridine rings is 1. The molecule has 0 radical (unpaired) electrons. The molecule has 1 saturated heterocycles. The quantitative estimate of drug-likeness (QED) is 0.209. The Morgan fingerprint density at radius 3 is 2.42 bits per heavy atom. The number of benzene rings is 1. The van der Waals surface area contributed by atoms with Crippen LogP contribution in [-0.2, 0) is 14.2 Å². The minimum Gasteiger partial charge on any atom is -0.489 e. The number of halogens is 2. The maximum Gasteiger partial charge on any atom is 0.425 e. The number of nitrogens with zero attached hydrogens (tertiary/aromatic N) is 5. The maximum atomic E-state index is 13.2. The van der Waals surface area contributed by atoms with Gasteiger partial charge in [0.05, 0.1) is 17.0 Å². The molecule has 1 aromatic carbocycles. The van der Waals surface area contributed by atoms with Gasteiger partial charge in [0.25, 0.3) is 0 Å². The number of anilines is 1. The molecule has 4 aromatic rings. The van der Waals surface area contributed by atoms with Crippen LogP contribution in [0, 0.1) is 0 Å². The van der Waals surface area contributed by atoms with Crippen LogP contribution in [0.25, 0.3) is 21.9 Å². The van der Waals surface area contributed by atoms with Crippen molar-refractivity contribution in [3.05, 3.63) is 52.5 Å². The third kappa shape index (κ3) is 7.02. The smallest absolute Gasteiger partial charge is 0.425 e. The molecule has 0 spiro atoms. The van der Waals surface area contributed by atoms with E-state index < -0.39 is 23.4 Å². The van der Waals surface area contributed by atoms with Gasteiger partial charge >= 0.3 is 12.2 Å². The Hall–Kier alpha value is -3.48. The maximum absolute atomic E-state index is 13.2. The molecule has 3 aromatic heterocycles. The Bertz CT molecular complexity index is 1650. The molecule has 2 unspecified atom stereocenters. The van der Waals surface area contributed by atoms with Crippen molar-refractivity contribution in [2.45, 2.75) is 77.9 Å². The molecule has 1 aliphatic rings. The minimum atomic E-state index is -0.904. The fraction of sp³-hybridized carbons (Fsp3) is 0.433. The van der Waals surface area contributed by atoms with Gasteiger partial charge in [0.2, 0.25) is 0 Å². The molecule has 11 nitrogen and oxygen atoms in total. The summed E-state index contributed by atoms with van der Waals surface area (Å²) in [6, 6.07) is 7.41. The molecular formula is C30H33BrClN5O6. The van der Waals surface area contributed by atoms with E-state index in [4.69, 9.17) is 30.5 Å². The first kappa shape index (κ1) is 31.0. The van der Waals surface area contributed by atoms with Crippen LogP contribution in [0.2, 0.25) is 5.02 Å². The van der Waals surface area contributed by atoms with Gasteiger partial charge in [0, 0.05) is 22.3 Å². The number of carbonyl (C=O) groups is 2. The average molecular weight is 675 g/mol.